The molecule has 0 aliphatic heterocycles. The number of nitrogens with two attached hydrogens (primary N) is 1. The summed E-state index contributed by atoms with van der Waals surface area (Å²) in [6.45, 7) is 0. The third-order valence-electron chi connectivity index (χ3n) is 5.04. The van der Waals surface area contributed by atoms with Gasteiger partial charge in [-0.2, -0.15) is 0 Å². The zero-order valence-corrected chi connectivity index (χ0v) is 12.8. The molecule has 0 heterocycles. The van der Waals surface area contributed by atoms with Crippen molar-refractivity contribution in [2.24, 2.45) is 11.7 Å². The van der Waals surface area contributed by atoms with Crippen molar-refractivity contribution in [1.82, 2.24) is 5.32 Å². The summed E-state index contributed by atoms with van der Waals surface area (Å²) in [6, 6.07) is -0.232. The van der Waals surface area contributed by atoms with Gasteiger partial charge in [0.1, 0.15) is 0 Å². The summed E-state index contributed by atoms with van der Waals surface area (Å²) >= 11 is 0. The smallest absolute Gasteiger partial charge is 0.308 e. The van der Waals surface area contributed by atoms with Gasteiger partial charge in [0, 0.05) is 18.0 Å². The van der Waals surface area contributed by atoms with Gasteiger partial charge < -0.3 is 16.2 Å². The van der Waals surface area contributed by atoms with Crippen molar-refractivity contribution >= 4 is 11.9 Å². The molecule has 2 rings (SSSR count). The molecule has 0 aromatic carbocycles. The van der Waals surface area contributed by atoms with E-state index >= 15 is 0 Å². The van der Waals surface area contributed by atoms with Gasteiger partial charge in [-0.1, -0.05) is 38.5 Å². The quantitative estimate of drug-likeness (QED) is 0.693. The van der Waals surface area contributed by atoms with Crippen molar-refractivity contribution in [1.29, 1.82) is 0 Å². The summed E-state index contributed by atoms with van der Waals surface area (Å²) in [6.07, 6.45) is 9.90. The van der Waals surface area contributed by atoms with Crippen LogP contribution in [0.5, 0.6) is 0 Å². The maximum Gasteiger partial charge on any atom is 0.308 e. The molecule has 0 bridgehead atoms. The topological polar surface area (TPSA) is 92.4 Å². The predicted octanol–water partition coefficient (Wildman–Crippen LogP) is 2.19. The second kappa shape index (κ2) is 7.25. The number of nitrogens with one attached hydrogen (secondary N) is 1. The molecule has 5 nitrogen and oxygen atoms in total. The summed E-state index contributed by atoms with van der Waals surface area (Å²) in [5.41, 5.74) is 5.93. The molecule has 2 aliphatic rings. The molecule has 1 amide bonds. The Hall–Kier alpha value is -1.10. The molecule has 0 aromatic heterocycles. The van der Waals surface area contributed by atoms with Crippen LogP contribution in [0.2, 0.25) is 0 Å². The first-order valence-corrected chi connectivity index (χ1v) is 8.31. The molecule has 2 unspecified atom stereocenters. The molecule has 2 aliphatic carbocycles. The molecule has 2 fully saturated rings. The van der Waals surface area contributed by atoms with Crippen LogP contribution in [0.15, 0.2) is 0 Å². The van der Waals surface area contributed by atoms with Gasteiger partial charge in [-0.3, -0.25) is 9.59 Å². The number of hydrogen-bond donors (Lipinski definition) is 3. The first-order valence-electron chi connectivity index (χ1n) is 8.31. The monoisotopic (exact) mass is 296 g/mol. The van der Waals surface area contributed by atoms with Crippen molar-refractivity contribution < 1.29 is 14.7 Å². The van der Waals surface area contributed by atoms with Gasteiger partial charge >= 0.3 is 5.97 Å². The minimum absolute atomic E-state index is 0.0717. The van der Waals surface area contributed by atoms with E-state index in [1.165, 1.54) is 6.42 Å². The van der Waals surface area contributed by atoms with Gasteiger partial charge in [0.05, 0.1) is 5.92 Å². The van der Waals surface area contributed by atoms with Crippen LogP contribution in [0.25, 0.3) is 0 Å². The maximum atomic E-state index is 12.3. The van der Waals surface area contributed by atoms with Crippen LogP contribution in [0.1, 0.15) is 70.6 Å². The summed E-state index contributed by atoms with van der Waals surface area (Å²) in [4.78, 5) is 23.7. The molecular formula is C16H28N2O3. The van der Waals surface area contributed by atoms with E-state index < -0.39 is 11.9 Å². The first kappa shape index (κ1) is 16.3. The number of carbonyl (C=O) groups excluding carboxylic acids is 1. The number of carbonyl (C=O) groups is 2. The van der Waals surface area contributed by atoms with E-state index in [2.05, 4.69) is 5.32 Å². The van der Waals surface area contributed by atoms with Gasteiger partial charge in [-0.15, -0.1) is 0 Å². The summed E-state index contributed by atoms with van der Waals surface area (Å²) in [7, 11) is 0. The molecule has 2 atom stereocenters. The van der Waals surface area contributed by atoms with Crippen LogP contribution in [0, 0.1) is 5.92 Å². The average Bonchev–Trinajstić information content (AvgIpc) is 2.64. The second-order valence-corrected chi connectivity index (χ2v) is 6.86. The Morgan fingerprint density at radius 3 is 2.33 bits per heavy atom. The molecule has 5 heteroatoms. The third kappa shape index (κ3) is 4.70. The normalized spacial score (nSPS) is 29.4. The number of amides is 1. The molecule has 0 spiro atoms. The van der Waals surface area contributed by atoms with E-state index in [0.717, 1.165) is 51.4 Å². The van der Waals surface area contributed by atoms with E-state index in [4.69, 9.17) is 5.73 Å². The molecule has 4 N–H and O–H groups in total. The maximum absolute atomic E-state index is 12.3. The molecule has 2 saturated carbocycles. The Balaban J connectivity index is 1.91. The Morgan fingerprint density at radius 1 is 1.05 bits per heavy atom. The lowest BCUT2D eigenvalue weighted by atomic mass is 9.80. The van der Waals surface area contributed by atoms with Gasteiger partial charge in [-0.05, 0) is 25.7 Å². The first-order chi connectivity index (χ1) is 10.0. The van der Waals surface area contributed by atoms with Crippen molar-refractivity contribution in [3.05, 3.63) is 0 Å². The fraction of sp³-hybridized carbons (Fsp3) is 0.875. The highest BCUT2D eigenvalue weighted by molar-refractivity contribution is 5.79. The van der Waals surface area contributed by atoms with Gasteiger partial charge in [0.25, 0.3) is 0 Å². The van der Waals surface area contributed by atoms with E-state index in [1.54, 1.807) is 0 Å². The minimum atomic E-state index is -0.790. The standard InChI is InChI=1S/C16H28N2O3/c17-16(9-5-2-6-10-16)11-14(19)18-13-8-4-1-3-7-12(13)15(20)21/h12-13H,1-11,17H2,(H,18,19)(H,20,21). The number of aliphatic carboxylic acids is 1. The lowest BCUT2D eigenvalue weighted by molar-refractivity contribution is -0.143. The highest BCUT2D eigenvalue weighted by Crippen LogP contribution is 2.29. The lowest BCUT2D eigenvalue weighted by Crippen LogP contribution is -2.49. The summed E-state index contributed by atoms with van der Waals surface area (Å²) in [5, 5.41) is 12.3. The number of carboxylic acids is 1. The predicted molar refractivity (Wildman–Crippen MR) is 80.8 cm³/mol. The average molecular weight is 296 g/mol. The van der Waals surface area contributed by atoms with E-state index in [9.17, 15) is 14.7 Å². The van der Waals surface area contributed by atoms with Crippen LogP contribution < -0.4 is 11.1 Å². The number of hydrogen-bond acceptors (Lipinski definition) is 3. The zero-order valence-electron chi connectivity index (χ0n) is 12.8. The highest BCUT2D eigenvalue weighted by Gasteiger charge is 2.34. The van der Waals surface area contributed by atoms with Crippen LogP contribution in [0.3, 0.4) is 0 Å². The minimum Gasteiger partial charge on any atom is -0.481 e. The molecule has 21 heavy (non-hydrogen) atoms. The number of rotatable bonds is 4. The van der Waals surface area contributed by atoms with Crippen molar-refractivity contribution in [3.63, 3.8) is 0 Å². The molecule has 0 saturated heterocycles. The lowest BCUT2D eigenvalue weighted by Gasteiger charge is -2.33. The molecule has 0 aromatic rings. The Labute approximate surface area is 126 Å². The highest BCUT2D eigenvalue weighted by atomic mass is 16.4. The Bertz CT molecular complexity index is 378. The molecule has 0 radical (unpaired) electrons. The number of carboxylic acid groups (broad SMARTS) is 1. The molecule has 120 valence electrons. The van der Waals surface area contributed by atoms with E-state index in [1.807, 2.05) is 0 Å². The van der Waals surface area contributed by atoms with Crippen molar-refractivity contribution in [2.75, 3.05) is 0 Å². The summed E-state index contributed by atoms with van der Waals surface area (Å²) in [5.74, 6) is -1.31. The van der Waals surface area contributed by atoms with Gasteiger partial charge in [0.2, 0.25) is 5.91 Å². The fourth-order valence-electron chi connectivity index (χ4n) is 3.79. The zero-order chi connectivity index (χ0) is 15.3. The van der Waals surface area contributed by atoms with E-state index in [0.29, 0.717) is 12.8 Å². The molecular weight excluding hydrogens is 268 g/mol. The third-order valence-corrected chi connectivity index (χ3v) is 5.04. The largest absolute Gasteiger partial charge is 0.481 e. The van der Waals surface area contributed by atoms with Crippen molar-refractivity contribution in [3.8, 4) is 0 Å². The fourth-order valence-corrected chi connectivity index (χ4v) is 3.79. The van der Waals surface area contributed by atoms with Gasteiger partial charge in [0.15, 0.2) is 0 Å². The van der Waals surface area contributed by atoms with Crippen LogP contribution in [0.4, 0.5) is 0 Å². The second-order valence-electron chi connectivity index (χ2n) is 6.86. The van der Waals surface area contributed by atoms with E-state index in [-0.39, 0.29) is 17.5 Å². The van der Waals surface area contributed by atoms with Gasteiger partial charge in [-0.25, -0.2) is 0 Å². The Kier molecular flexibility index (Phi) is 5.62. The van der Waals surface area contributed by atoms with Crippen molar-refractivity contribution in [2.45, 2.75) is 82.2 Å². The van der Waals surface area contributed by atoms with Crippen LogP contribution in [-0.2, 0) is 9.59 Å². The van der Waals surface area contributed by atoms with Crippen LogP contribution >= 0.6 is 0 Å². The SMILES string of the molecule is NC1(CC(=O)NC2CCCCCC2C(=O)O)CCCCC1. The van der Waals surface area contributed by atoms with Crippen LogP contribution in [-0.4, -0.2) is 28.6 Å². The Morgan fingerprint density at radius 2 is 1.67 bits per heavy atom. The summed E-state index contributed by atoms with van der Waals surface area (Å²) < 4.78 is 0.